The van der Waals surface area contributed by atoms with Crippen LogP contribution in [-0.2, 0) is 9.47 Å². The van der Waals surface area contributed by atoms with E-state index in [9.17, 15) is 0 Å². The van der Waals surface area contributed by atoms with Crippen LogP contribution in [0.3, 0.4) is 0 Å². The average Bonchev–Trinajstić information content (AvgIpc) is 3.93. The summed E-state index contributed by atoms with van der Waals surface area (Å²) >= 11 is 0. The Hall–Kier alpha value is -1.28. The van der Waals surface area contributed by atoms with Crippen LogP contribution in [0, 0.1) is 0 Å². The highest BCUT2D eigenvalue weighted by Gasteiger charge is 2.18. The second kappa shape index (κ2) is 43.3. The third-order valence-corrected chi connectivity index (χ3v) is 11.0. The van der Waals surface area contributed by atoms with Gasteiger partial charge in [0.2, 0.25) is 0 Å². The molecular formula is C50H94N2O4. The third-order valence-electron chi connectivity index (χ3n) is 11.0. The van der Waals surface area contributed by atoms with Gasteiger partial charge in [0.05, 0.1) is 25.4 Å². The molecule has 2 unspecified atom stereocenters. The molecule has 2 rings (SSSR count). The third kappa shape index (κ3) is 37.0. The molecular weight excluding hydrogens is 693 g/mol. The van der Waals surface area contributed by atoms with Crippen LogP contribution < -0.4 is 0 Å². The second-order valence-electron chi connectivity index (χ2n) is 16.6. The number of allylic oxidation sites excluding steroid dienone is 8. The van der Waals surface area contributed by atoms with E-state index in [0.29, 0.717) is 6.54 Å². The molecule has 0 aromatic rings. The minimum absolute atomic E-state index is 0.115. The minimum atomic E-state index is -0.543. The smallest absolute Gasteiger partial charge is 0.0934 e. The Morgan fingerprint density at radius 1 is 0.482 bits per heavy atom. The van der Waals surface area contributed by atoms with Gasteiger partial charge in [-0.25, -0.2) is 0 Å². The number of nitrogens with zero attached hydrogens (tertiary/aromatic N) is 2. The summed E-state index contributed by atoms with van der Waals surface area (Å²) < 4.78 is 12.5. The molecule has 2 fully saturated rings. The van der Waals surface area contributed by atoms with Gasteiger partial charge in [-0.1, -0.05) is 140 Å². The summed E-state index contributed by atoms with van der Waals surface area (Å²) in [7, 11) is 0. The Labute approximate surface area is 348 Å². The van der Waals surface area contributed by atoms with Gasteiger partial charge in [-0.15, -0.1) is 0 Å². The van der Waals surface area contributed by atoms with E-state index >= 15 is 0 Å². The van der Waals surface area contributed by atoms with E-state index in [4.69, 9.17) is 19.7 Å². The van der Waals surface area contributed by atoms with Gasteiger partial charge in [0, 0.05) is 26.3 Å². The fraction of sp³-hybridized carbons (Fsp3) is 0.840. The van der Waals surface area contributed by atoms with Crippen LogP contribution >= 0.6 is 0 Å². The molecule has 0 bridgehead atoms. The monoisotopic (exact) mass is 787 g/mol. The summed E-state index contributed by atoms with van der Waals surface area (Å²) in [6.45, 7) is 13.3. The Kier molecular flexibility index (Phi) is 40.8. The minimum Gasteiger partial charge on any atom is -0.394 e. The zero-order valence-electron chi connectivity index (χ0n) is 37.2. The van der Waals surface area contributed by atoms with Crippen LogP contribution in [0.4, 0.5) is 0 Å². The van der Waals surface area contributed by atoms with Crippen molar-refractivity contribution in [3.8, 4) is 0 Å². The average molecular weight is 787 g/mol. The van der Waals surface area contributed by atoms with Crippen molar-refractivity contribution in [1.29, 1.82) is 0 Å². The van der Waals surface area contributed by atoms with Crippen molar-refractivity contribution in [2.45, 2.75) is 206 Å². The Bertz CT molecular complexity index is 893. The Morgan fingerprint density at radius 3 is 1.32 bits per heavy atom. The molecule has 0 aromatic heterocycles. The van der Waals surface area contributed by atoms with Gasteiger partial charge >= 0.3 is 0 Å². The number of aliphatic hydroxyl groups excluding tert-OH is 2. The van der Waals surface area contributed by atoms with Crippen LogP contribution in [-0.4, -0.2) is 97.9 Å². The topological polar surface area (TPSA) is 65.4 Å². The molecule has 0 radical (unpaired) electrons. The van der Waals surface area contributed by atoms with Crippen molar-refractivity contribution in [2.24, 2.45) is 0 Å². The molecule has 56 heavy (non-hydrogen) atoms. The quantitative estimate of drug-likeness (QED) is 0.0480. The summed E-state index contributed by atoms with van der Waals surface area (Å²) in [6, 6.07) is 0. The van der Waals surface area contributed by atoms with Crippen LogP contribution in [0.2, 0.25) is 0 Å². The van der Waals surface area contributed by atoms with Gasteiger partial charge in [-0.05, 0) is 129 Å². The SMILES string of the molecule is CCCCCC=CCC=CCCCCCCCCOCC(CN1CCCC1)OCCCCCCCCC=CCC=CCCCCC.OCC(O)CN1CCCC1. The molecule has 2 saturated heterocycles. The number of β-amino-alcohol motifs (C(OH)–C–C–N with tert-alkyl or cyclic N) is 1. The standard InChI is InChI=1S/C43H79NO2.C7H15NO2/c1-3-5-7-9-11-13-15-17-19-21-23-25-27-29-31-35-39-45-42-43(41-44-37-33-34-38-44)46-40-36-32-30-28-26-24-22-20-18-16-14-12-10-8-6-4-2;9-6-7(10)5-8-3-1-2-4-8/h11-14,17-20,43H,3-10,15-16,21-42H2,1-2H3;7,9-10H,1-6H2. The summed E-state index contributed by atoms with van der Waals surface area (Å²) in [6.07, 6.45) is 54.6. The Balaban J connectivity index is 0.00000135. The van der Waals surface area contributed by atoms with E-state index in [-0.39, 0.29) is 12.7 Å². The van der Waals surface area contributed by atoms with Crippen LogP contribution in [0.5, 0.6) is 0 Å². The number of likely N-dealkylation sites (tertiary alicyclic amines) is 2. The van der Waals surface area contributed by atoms with Crippen molar-refractivity contribution >= 4 is 0 Å². The first-order valence-corrected chi connectivity index (χ1v) is 24.2. The lowest BCUT2D eigenvalue weighted by Gasteiger charge is -2.24. The largest absolute Gasteiger partial charge is 0.394 e. The molecule has 0 aromatic carbocycles. The summed E-state index contributed by atoms with van der Waals surface area (Å²) in [5.41, 5.74) is 0. The summed E-state index contributed by atoms with van der Waals surface area (Å²) in [5.74, 6) is 0. The van der Waals surface area contributed by atoms with E-state index in [0.717, 1.165) is 52.3 Å². The first-order valence-electron chi connectivity index (χ1n) is 24.2. The van der Waals surface area contributed by atoms with E-state index in [1.54, 1.807) is 0 Å². The van der Waals surface area contributed by atoms with Crippen molar-refractivity contribution in [2.75, 3.05) is 65.7 Å². The lowest BCUT2D eigenvalue weighted by molar-refractivity contribution is -0.0316. The normalized spacial score (nSPS) is 16.6. The second-order valence-corrected chi connectivity index (χ2v) is 16.6. The molecule has 6 heteroatoms. The molecule has 0 spiro atoms. The lowest BCUT2D eigenvalue weighted by Crippen LogP contribution is -2.35. The fourth-order valence-corrected chi connectivity index (χ4v) is 7.48. The number of aliphatic hydroxyl groups is 2. The van der Waals surface area contributed by atoms with Crippen LogP contribution in [0.15, 0.2) is 48.6 Å². The predicted octanol–water partition coefficient (Wildman–Crippen LogP) is 12.5. The molecule has 0 aliphatic carbocycles. The highest BCUT2D eigenvalue weighted by atomic mass is 16.5. The van der Waals surface area contributed by atoms with Gasteiger partial charge in [-0.3, -0.25) is 0 Å². The van der Waals surface area contributed by atoms with E-state index in [1.807, 2.05) is 0 Å². The zero-order valence-corrected chi connectivity index (χ0v) is 37.2. The number of rotatable bonds is 38. The zero-order chi connectivity index (χ0) is 40.3. The summed E-state index contributed by atoms with van der Waals surface area (Å²) in [5, 5.41) is 17.5. The predicted molar refractivity (Wildman–Crippen MR) is 244 cm³/mol. The van der Waals surface area contributed by atoms with Crippen LogP contribution in [0.1, 0.15) is 194 Å². The number of unbranched alkanes of at least 4 members (excludes halogenated alkanes) is 18. The maximum atomic E-state index is 9.03. The number of hydrogen-bond donors (Lipinski definition) is 2. The molecule has 0 saturated carbocycles. The van der Waals surface area contributed by atoms with Crippen molar-refractivity contribution in [3.63, 3.8) is 0 Å². The van der Waals surface area contributed by atoms with E-state index in [2.05, 4.69) is 72.3 Å². The van der Waals surface area contributed by atoms with Gasteiger partial charge in [-0.2, -0.15) is 0 Å². The number of hydrogen-bond acceptors (Lipinski definition) is 6. The van der Waals surface area contributed by atoms with E-state index < -0.39 is 6.10 Å². The molecule has 328 valence electrons. The summed E-state index contributed by atoms with van der Waals surface area (Å²) in [4.78, 5) is 4.76. The first kappa shape index (κ1) is 52.7. The van der Waals surface area contributed by atoms with Gasteiger partial charge in [0.15, 0.2) is 0 Å². The van der Waals surface area contributed by atoms with Gasteiger partial charge < -0.3 is 29.5 Å². The maximum Gasteiger partial charge on any atom is 0.0934 e. The van der Waals surface area contributed by atoms with E-state index in [1.165, 1.54) is 180 Å². The molecule has 2 N–H and O–H groups in total. The highest BCUT2D eigenvalue weighted by Crippen LogP contribution is 2.13. The first-order chi connectivity index (χ1) is 27.7. The molecule has 2 heterocycles. The fourth-order valence-electron chi connectivity index (χ4n) is 7.48. The van der Waals surface area contributed by atoms with Crippen molar-refractivity contribution in [1.82, 2.24) is 9.80 Å². The maximum absolute atomic E-state index is 9.03. The van der Waals surface area contributed by atoms with Gasteiger partial charge in [0.1, 0.15) is 0 Å². The Morgan fingerprint density at radius 2 is 0.875 bits per heavy atom. The molecule has 2 aliphatic heterocycles. The molecule has 2 atom stereocenters. The van der Waals surface area contributed by atoms with Gasteiger partial charge in [0.25, 0.3) is 0 Å². The van der Waals surface area contributed by atoms with Crippen LogP contribution in [0.25, 0.3) is 0 Å². The molecule has 2 aliphatic rings. The number of ether oxygens (including phenoxy) is 2. The van der Waals surface area contributed by atoms with Crippen molar-refractivity contribution < 1.29 is 19.7 Å². The lowest BCUT2D eigenvalue weighted by atomic mass is 10.1. The van der Waals surface area contributed by atoms with Crippen molar-refractivity contribution in [3.05, 3.63) is 48.6 Å². The molecule has 6 nitrogen and oxygen atoms in total. The highest BCUT2D eigenvalue weighted by molar-refractivity contribution is 4.93. The molecule has 0 amide bonds.